The number of rotatable bonds is 1. The molecule has 0 aliphatic heterocycles. The van der Waals surface area contributed by atoms with Crippen molar-refractivity contribution in [1.29, 1.82) is 0 Å². The maximum atomic E-state index is 8.64. The number of nitrogens with zero attached hydrogens (tertiary/aromatic N) is 1. The molecule has 1 aromatic carbocycles. The van der Waals surface area contributed by atoms with Gasteiger partial charge in [0.2, 0.25) is 0 Å². The van der Waals surface area contributed by atoms with Crippen molar-refractivity contribution < 1.29 is 5.21 Å². The van der Waals surface area contributed by atoms with Crippen molar-refractivity contribution >= 4 is 16.7 Å². The Bertz CT molecular complexity index is 499. The van der Waals surface area contributed by atoms with E-state index in [4.69, 9.17) is 10.9 Å². The van der Waals surface area contributed by atoms with Gasteiger partial charge in [-0.05, 0) is 13.0 Å². The lowest BCUT2D eigenvalue weighted by Gasteiger charge is -1.96. The second-order valence-corrected chi connectivity index (χ2v) is 3.16. The molecule has 0 amide bonds. The zero-order valence-electron chi connectivity index (χ0n) is 7.78. The number of oxime groups is 1. The quantitative estimate of drug-likeness (QED) is 0.276. The summed E-state index contributed by atoms with van der Waals surface area (Å²) in [6, 6.07) is 7.75. The van der Waals surface area contributed by atoms with Crippen molar-refractivity contribution in [1.82, 2.24) is 4.98 Å². The van der Waals surface area contributed by atoms with Gasteiger partial charge in [0, 0.05) is 22.2 Å². The van der Waals surface area contributed by atoms with Crippen LogP contribution in [0.5, 0.6) is 0 Å². The molecule has 4 nitrogen and oxygen atoms in total. The maximum Gasteiger partial charge on any atom is 0.172 e. The van der Waals surface area contributed by atoms with Crippen molar-refractivity contribution in [2.75, 3.05) is 0 Å². The van der Waals surface area contributed by atoms with Gasteiger partial charge in [0.1, 0.15) is 0 Å². The molecule has 0 aliphatic rings. The van der Waals surface area contributed by atoms with E-state index in [1.807, 2.05) is 31.2 Å². The topological polar surface area (TPSA) is 74.4 Å². The smallest absolute Gasteiger partial charge is 0.172 e. The molecule has 0 bridgehead atoms. The summed E-state index contributed by atoms with van der Waals surface area (Å²) in [6.07, 6.45) is 0. The molecular formula is C10H11N3O. The van der Waals surface area contributed by atoms with E-state index < -0.39 is 0 Å². The average Bonchev–Trinajstić information content (AvgIpc) is 2.53. The molecule has 0 fully saturated rings. The van der Waals surface area contributed by atoms with E-state index in [-0.39, 0.29) is 5.84 Å². The molecule has 1 aromatic heterocycles. The van der Waals surface area contributed by atoms with Crippen LogP contribution in [0.25, 0.3) is 10.9 Å². The van der Waals surface area contributed by atoms with Gasteiger partial charge in [0.15, 0.2) is 5.84 Å². The Hall–Kier alpha value is -1.97. The van der Waals surface area contributed by atoms with Crippen LogP contribution in [0.1, 0.15) is 11.3 Å². The molecule has 0 atom stereocenters. The number of hydrogen-bond donors (Lipinski definition) is 3. The number of fused-ring (bicyclic) bond motifs is 1. The molecule has 1 heterocycles. The number of hydrogen-bond acceptors (Lipinski definition) is 2. The summed E-state index contributed by atoms with van der Waals surface area (Å²) in [5.74, 6) is 0.139. The van der Waals surface area contributed by atoms with E-state index >= 15 is 0 Å². The van der Waals surface area contributed by atoms with Crippen molar-refractivity contribution in [2.24, 2.45) is 10.9 Å². The van der Waals surface area contributed by atoms with Crippen LogP contribution in [0.15, 0.2) is 29.4 Å². The minimum atomic E-state index is 0.139. The van der Waals surface area contributed by atoms with Gasteiger partial charge >= 0.3 is 0 Å². The number of para-hydroxylation sites is 1. The highest BCUT2D eigenvalue weighted by molar-refractivity contribution is 6.09. The fourth-order valence-electron chi connectivity index (χ4n) is 1.66. The lowest BCUT2D eigenvalue weighted by atomic mass is 10.1. The molecule has 0 aliphatic carbocycles. The predicted octanol–water partition coefficient (Wildman–Crippen LogP) is 1.57. The fourth-order valence-corrected chi connectivity index (χ4v) is 1.66. The van der Waals surface area contributed by atoms with E-state index in [0.717, 1.165) is 22.2 Å². The number of nitrogens with two attached hydrogens (primary N) is 1. The van der Waals surface area contributed by atoms with Crippen molar-refractivity contribution in [3.63, 3.8) is 0 Å². The molecule has 72 valence electrons. The average molecular weight is 189 g/mol. The summed E-state index contributed by atoms with van der Waals surface area (Å²) in [5, 5.41) is 12.6. The third-order valence-corrected chi connectivity index (χ3v) is 2.26. The van der Waals surface area contributed by atoms with Gasteiger partial charge < -0.3 is 15.9 Å². The maximum absolute atomic E-state index is 8.64. The number of aromatic amines is 1. The summed E-state index contributed by atoms with van der Waals surface area (Å²) >= 11 is 0. The molecule has 2 aromatic rings. The van der Waals surface area contributed by atoms with Crippen molar-refractivity contribution in [3.8, 4) is 0 Å². The van der Waals surface area contributed by atoms with Crippen LogP contribution in [-0.2, 0) is 0 Å². The molecule has 0 saturated carbocycles. The number of H-pyrrole nitrogens is 1. The first-order valence-electron chi connectivity index (χ1n) is 4.29. The molecule has 0 radical (unpaired) electrons. The highest BCUT2D eigenvalue weighted by Crippen LogP contribution is 2.21. The van der Waals surface area contributed by atoms with Crippen LogP contribution in [0.3, 0.4) is 0 Å². The van der Waals surface area contributed by atoms with Crippen LogP contribution in [0.4, 0.5) is 0 Å². The minimum absolute atomic E-state index is 0.139. The normalized spacial score (nSPS) is 12.2. The Balaban J connectivity index is 2.81. The fraction of sp³-hybridized carbons (Fsp3) is 0.100. The molecule has 2 rings (SSSR count). The number of aryl methyl sites for hydroxylation is 1. The monoisotopic (exact) mass is 189 g/mol. The van der Waals surface area contributed by atoms with E-state index in [1.165, 1.54) is 0 Å². The lowest BCUT2D eigenvalue weighted by molar-refractivity contribution is 0.318. The first-order valence-corrected chi connectivity index (χ1v) is 4.29. The van der Waals surface area contributed by atoms with E-state index in [0.29, 0.717) is 0 Å². The minimum Gasteiger partial charge on any atom is -0.409 e. The molecule has 14 heavy (non-hydrogen) atoms. The molecule has 4 heteroatoms. The Morgan fingerprint density at radius 1 is 1.43 bits per heavy atom. The van der Waals surface area contributed by atoms with Crippen LogP contribution in [-0.4, -0.2) is 16.0 Å². The standard InChI is InChI=1S/C10H11N3O/c1-6-9(10(11)13-14)7-4-2-3-5-8(7)12-6/h2-5,12,14H,1H3,(H2,11,13). The summed E-state index contributed by atoms with van der Waals surface area (Å²) in [6.45, 7) is 1.90. The molecule has 0 unspecified atom stereocenters. The van der Waals surface area contributed by atoms with Gasteiger partial charge in [-0.2, -0.15) is 0 Å². The Morgan fingerprint density at radius 3 is 2.86 bits per heavy atom. The third kappa shape index (κ3) is 1.12. The molecular weight excluding hydrogens is 178 g/mol. The highest BCUT2D eigenvalue weighted by atomic mass is 16.4. The number of benzene rings is 1. The summed E-state index contributed by atoms with van der Waals surface area (Å²) in [4.78, 5) is 3.17. The third-order valence-electron chi connectivity index (χ3n) is 2.26. The van der Waals surface area contributed by atoms with Crippen LogP contribution < -0.4 is 5.73 Å². The number of aromatic nitrogens is 1. The highest BCUT2D eigenvalue weighted by Gasteiger charge is 2.10. The second-order valence-electron chi connectivity index (χ2n) is 3.16. The lowest BCUT2D eigenvalue weighted by Crippen LogP contribution is -2.13. The summed E-state index contributed by atoms with van der Waals surface area (Å²) in [7, 11) is 0. The summed E-state index contributed by atoms with van der Waals surface area (Å²) < 4.78 is 0. The SMILES string of the molecule is Cc1[nH]c2ccccc2c1/C(N)=N/O. The van der Waals surface area contributed by atoms with Crippen molar-refractivity contribution in [3.05, 3.63) is 35.5 Å². The zero-order valence-corrected chi connectivity index (χ0v) is 7.78. The molecule has 0 saturated heterocycles. The van der Waals surface area contributed by atoms with Gasteiger partial charge in [-0.1, -0.05) is 23.4 Å². The van der Waals surface area contributed by atoms with E-state index in [9.17, 15) is 0 Å². The zero-order chi connectivity index (χ0) is 10.1. The Kier molecular flexibility index (Phi) is 1.89. The van der Waals surface area contributed by atoms with Gasteiger partial charge in [0.25, 0.3) is 0 Å². The first-order chi connectivity index (χ1) is 6.74. The Labute approximate surface area is 81.0 Å². The van der Waals surface area contributed by atoms with E-state index in [2.05, 4.69) is 10.1 Å². The molecule has 0 spiro atoms. The summed E-state index contributed by atoms with van der Waals surface area (Å²) in [5.41, 5.74) is 8.25. The van der Waals surface area contributed by atoms with Gasteiger partial charge in [-0.3, -0.25) is 0 Å². The first kappa shape index (κ1) is 8.62. The van der Waals surface area contributed by atoms with Crippen LogP contribution in [0, 0.1) is 6.92 Å². The number of amidine groups is 1. The molecule has 4 N–H and O–H groups in total. The Morgan fingerprint density at radius 2 is 2.14 bits per heavy atom. The van der Waals surface area contributed by atoms with E-state index in [1.54, 1.807) is 0 Å². The largest absolute Gasteiger partial charge is 0.409 e. The van der Waals surface area contributed by atoms with Gasteiger partial charge in [-0.25, -0.2) is 0 Å². The van der Waals surface area contributed by atoms with Gasteiger partial charge in [0.05, 0.1) is 0 Å². The van der Waals surface area contributed by atoms with Crippen molar-refractivity contribution in [2.45, 2.75) is 6.92 Å². The van der Waals surface area contributed by atoms with Gasteiger partial charge in [-0.15, -0.1) is 0 Å². The second kappa shape index (κ2) is 3.06. The predicted molar refractivity (Wildman–Crippen MR) is 55.5 cm³/mol. The van der Waals surface area contributed by atoms with Crippen LogP contribution >= 0.6 is 0 Å². The van der Waals surface area contributed by atoms with Crippen LogP contribution in [0.2, 0.25) is 0 Å². The number of nitrogens with one attached hydrogen (secondary N) is 1.